The molecule has 20 heavy (non-hydrogen) atoms. The van der Waals surface area contributed by atoms with E-state index in [4.69, 9.17) is 0 Å². The molecule has 0 aliphatic heterocycles. The second-order valence-corrected chi connectivity index (χ2v) is 7.38. The number of benzene rings is 1. The lowest BCUT2D eigenvalue weighted by Crippen LogP contribution is -2.39. The van der Waals surface area contributed by atoms with Crippen LogP contribution in [0.5, 0.6) is 0 Å². The van der Waals surface area contributed by atoms with Crippen LogP contribution in [0.15, 0.2) is 47.0 Å². The van der Waals surface area contributed by atoms with Crippen molar-refractivity contribution in [2.75, 3.05) is 0 Å². The lowest BCUT2D eigenvalue weighted by atomic mass is 9.79. The molecule has 0 aromatic heterocycles. The number of carbonyl (C=O) groups is 1. The zero-order valence-corrected chi connectivity index (χ0v) is 12.3. The van der Waals surface area contributed by atoms with Gasteiger partial charge in [0.05, 0.1) is 4.90 Å². The molecule has 5 nitrogen and oxygen atoms in total. The van der Waals surface area contributed by atoms with Gasteiger partial charge in [-0.05, 0) is 24.0 Å². The van der Waals surface area contributed by atoms with Crippen LogP contribution in [-0.2, 0) is 14.8 Å². The van der Waals surface area contributed by atoms with Gasteiger partial charge in [-0.2, -0.15) is 0 Å². The molecule has 2 N–H and O–H groups in total. The van der Waals surface area contributed by atoms with Crippen molar-refractivity contribution in [2.45, 2.75) is 31.6 Å². The Morgan fingerprint density at radius 2 is 1.75 bits per heavy atom. The average molecular weight is 294 g/mol. The van der Waals surface area contributed by atoms with E-state index in [1.807, 2.05) is 13.8 Å². The highest BCUT2D eigenvalue weighted by Crippen LogP contribution is 2.32. The minimum absolute atomic E-state index is 0.00246. The highest BCUT2D eigenvalue weighted by Gasteiger charge is 2.28. The summed E-state index contributed by atoms with van der Waals surface area (Å²) in [6.07, 6.45) is 2.55. The van der Waals surface area contributed by atoms with Gasteiger partial charge in [0, 0.05) is 18.2 Å². The molecule has 1 aliphatic carbocycles. The molecule has 0 heterocycles. The van der Waals surface area contributed by atoms with Gasteiger partial charge in [0.2, 0.25) is 0 Å². The quantitative estimate of drug-likeness (QED) is 0.830. The Morgan fingerprint density at radius 1 is 1.10 bits per heavy atom. The first kappa shape index (κ1) is 14.7. The van der Waals surface area contributed by atoms with Crippen LogP contribution in [0.1, 0.15) is 26.7 Å². The van der Waals surface area contributed by atoms with Gasteiger partial charge >= 0.3 is 0 Å². The van der Waals surface area contributed by atoms with Crippen molar-refractivity contribution in [3.05, 3.63) is 42.1 Å². The van der Waals surface area contributed by atoms with Crippen molar-refractivity contribution in [3.63, 3.8) is 0 Å². The van der Waals surface area contributed by atoms with Crippen molar-refractivity contribution in [2.24, 2.45) is 5.41 Å². The van der Waals surface area contributed by atoms with Crippen molar-refractivity contribution in [3.8, 4) is 0 Å². The number of carbonyl (C=O) groups excluding carboxylic acids is 1. The van der Waals surface area contributed by atoms with Gasteiger partial charge in [0.15, 0.2) is 5.78 Å². The van der Waals surface area contributed by atoms with Crippen molar-refractivity contribution >= 4 is 15.8 Å². The third kappa shape index (κ3) is 3.68. The number of allylic oxidation sites excluding steroid dienone is 2. The number of hydrogen-bond acceptors (Lipinski definition) is 4. The van der Waals surface area contributed by atoms with Crippen LogP contribution >= 0.6 is 0 Å². The number of hydrazine groups is 1. The first-order chi connectivity index (χ1) is 9.28. The molecule has 2 rings (SSSR count). The molecular weight excluding hydrogens is 276 g/mol. The molecule has 1 aromatic rings. The van der Waals surface area contributed by atoms with E-state index in [2.05, 4.69) is 10.3 Å². The van der Waals surface area contributed by atoms with E-state index in [1.165, 1.54) is 18.2 Å². The number of sulfonamides is 1. The smallest absolute Gasteiger partial charge is 0.257 e. The first-order valence-electron chi connectivity index (χ1n) is 6.35. The zero-order chi connectivity index (χ0) is 14.8. The van der Waals surface area contributed by atoms with Gasteiger partial charge in [-0.3, -0.25) is 4.79 Å². The van der Waals surface area contributed by atoms with Crippen molar-refractivity contribution in [1.29, 1.82) is 0 Å². The second-order valence-electron chi connectivity index (χ2n) is 5.70. The molecule has 108 valence electrons. The summed E-state index contributed by atoms with van der Waals surface area (Å²) in [5.74, 6) is 0.00246. The maximum Gasteiger partial charge on any atom is 0.257 e. The van der Waals surface area contributed by atoms with E-state index in [0.717, 1.165) is 0 Å². The van der Waals surface area contributed by atoms with Gasteiger partial charge in [-0.25, -0.2) is 8.42 Å². The number of hydrogen-bond donors (Lipinski definition) is 2. The van der Waals surface area contributed by atoms with E-state index >= 15 is 0 Å². The number of nitrogens with one attached hydrogen (secondary N) is 2. The largest absolute Gasteiger partial charge is 0.312 e. The SMILES string of the molecule is CC1(C)CC(=O)C=C(NNS(=O)(=O)c2ccccc2)C1. The highest BCUT2D eigenvalue weighted by atomic mass is 32.2. The molecule has 0 radical (unpaired) electrons. The highest BCUT2D eigenvalue weighted by molar-refractivity contribution is 7.89. The van der Waals surface area contributed by atoms with Crippen LogP contribution < -0.4 is 10.3 Å². The third-order valence-electron chi connectivity index (χ3n) is 3.06. The molecule has 1 aliphatic rings. The molecule has 6 heteroatoms. The average Bonchev–Trinajstić information content (AvgIpc) is 2.35. The second kappa shape index (κ2) is 5.38. The van der Waals surface area contributed by atoms with Gasteiger partial charge in [-0.1, -0.05) is 32.0 Å². The van der Waals surface area contributed by atoms with Crippen LogP contribution in [0.4, 0.5) is 0 Å². The van der Waals surface area contributed by atoms with E-state index < -0.39 is 10.0 Å². The van der Waals surface area contributed by atoms with Gasteiger partial charge < -0.3 is 5.43 Å². The van der Waals surface area contributed by atoms with Gasteiger partial charge in [-0.15, -0.1) is 4.83 Å². The monoisotopic (exact) mass is 294 g/mol. The molecule has 0 unspecified atom stereocenters. The molecule has 0 bridgehead atoms. The molecule has 0 saturated carbocycles. The summed E-state index contributed by atoms with van der Waals surface area (Å²) in [6, 6.07) is 8.07. The van der Waals surface area contributed by atoms with E-state index in [9.17, 15) is 13.2 Å². The Kier molecular flexibility index (Phi) is 3.96. The summed E-state index contributed by atoms with van der Waals surface area (Å²) in [4.78, 5) is 14.1. The van der Waals surface area contributed by atoms with Crippen LogP contribution in [0.25, 0.3) is 0 Å². The summed E-state index contributed by atoms with van der Waals surface area (Å²) in [5.41, 5.74) is 3.08. The van der Waals surface area contributed by atoms with Gasteiger partial charge in [0.25, 0.3) is 10.0 Å². The van der Waals surface area contributed by atoms with E-state index in [1.54, 1.807) is 18.2 Å². The fourth-order valence-corrected chi connectivity index (χ4v) is 3.12. The molecular formula is C14H18N2O3S. The molecule has 0 amide bonds. The zero-order valence-electron chi connectivity index (χ0n) is 11.5. The maximum atomic E-state index is 12.0. The summed E-state index contributed by atoms with van der Waals surface area (Å²) in [7, 11) is -3.63. The first-order valence-corrected chi connectivity index (χ1v) is 7.83. The van der Waals surface area contributed by atoms with E-state index in [0.29, 0.717) is 18.5 Å². The van der Waals surface area contributed by atoms with Crippen LogP contribution in [0.3, 0.4) is 0 Å². The minimum atomic E-state index is -3.63. The lowest BCUT2D eigenvalue weighted by Gasteiger charge is -2.29. The Bertz CT molecular complexity index is 634. The molecule has 1 aromatic carbocycles. The molecule has 0 atom stereocenters. The van der Waals surface area contributed by atoms with Crippen LogP contribution in [0, 0.1) is 5.41 Å². The van der Waals surface area contributed by atoms with Crippen LogP contribution in [0.2, 0.25) is 0 Å². The molecule has 0 fully saturated rings. The normalized spacial score (nSPS) is 18.5. The Morgan fingerprint density at radius 3 is 2.35 bits per heavy atom. The summed E-state index contributed by atoms with van der Waals surface area (Å²) >= 11 is 0. The number of rotatable bonds is 4. The minimum Gasteiger partial charge on any atom is -0.312 e. The lowest BCUT2D eigenvalue weighted by molar-refractivity contribution is -0.117. The Hall–Kier alpha value is -1.66. The number of ketones is 1. The predicted molar refractivity (Wildman–Crippen MR) is 76.0 cm³/mol. The summed E-state index contributed by atoms with van der Waals surface area (Å²) in [6.45, 7) is 3.95. The Labute approximate surface area is 119 Å². The standard InChI is InChI=1S/C14H18N2O3S/c1-14(2)9-11(8-12(17)10-14)15-16-20(18,19)13-6-4-3-5-7-13/h3-8,15-16H,9-10H2,1-2H3. The van der Waals surface area contributed by atoms with Crippen LogP contribution in [-0.4, -0.2) is 14.2 Å². The third-order valence-corrected chi connectivity index (χ3v) is 4.32. The molecule has 0 spiro atoms. The maximum absolute atomic E-state index is 12.0. The van der Waals surface area contributed by atoms with Crippen molar-refractivity contribution < 1.29 is 13.2 Å². The summed E-state index contributed by atoms with van der Waals surface area (Å²) < 4.78 is 24.1. The topological polar surface area (TPSA) is 75.3 Å². The summed E-state index contributed by atoms with van der Waals surface area (Å²) in [5, 5.41) is 0. The van der Waals surface area contributed by atoms with Crippen molar-refractivity contribution in [1.82, 2.24) is 10.3 Å². The predicted octanol–water partition coefficient (Wildman–Crippen LogP) is 1.74. The Balaban J connectivity index is 2.08. The van der Waals surface area contributed by atoms with E-state index in [-0.39, 0.29) is 16.1 Å². The fraction of sp³-hybridized carbons (Fsp3) is 0.357. The van der Waals surface area contributed by atoms with Gasteiger partial charge in [0.1, 0.15) is 0 Å². The fourth-order valence-electron chi connectivity index (χ4n) is 2.22. The molecule has 0 saturated heterocycles.